The van der Waals surface area contributed by atoms with Crippen molar-refractivity contribution < 1.29 is 14.3 Å². The van der Waals surface area contributed by atoms with Crippen molar-refractivity contribution >= 4 is 11.8 Å². The Bertz CT molecular complexity index is 815. The molecule has 0 aromatic heterocycles. The van der Waals surface area contributed by atoms with Crippen LogP contribution in [0.3, 0.4) is 0 Å². The number of hydrogen-bond donors (Lipinski definition) is 1. The molecule has 2 aromatic carbocycles. The second-order valence-corrected chi connectivity index (χ2v) is 7.18. The summed E-state index contributed by atoms with van der Waals surface area (Å²) in [5, 5.41) is 3.01. The molecule has 4 rings (SSSR count). The molecule has 2 aliphatic rings. The number of amides is 2. The Morgan fingerprint density at radius 1 is 1.15 bits per heavy atom. The average Bonchev–Trinajstić information content (AvgIpc) is 3.33. The second kappa shape index (κ2) is 7.92. The van der Waals surface area contributed by atoms with E-state index in [0.717, 1.165) is 30.6 Å². The lowest BCUT2D eigenvalue weighted by Crippen LogP contribution is -2.49. The van der Waals surface area contributed by atoms with Crippen molar-refractivity contribution in [2.24, 2.45) is 0 Å². The highest BCUT2D eigenvalue weighted by Crippen LogP contribution is 2.26. The van der Waals surface area contributed by atoms with Gasteiger partial charge in [-0.25, -0.2) is 0 Å². The smallest absolute Gasteiger partial charge is 0.255 e. The number of rotatable bonds is 6. The van der Waals surface area contributed by atoms with Gasteiger partial charge < -0.3 is 15.0 Å². The van der Waals surface area contributed by atoms with Gasteiger partial charge in [0, 0.05) is 31.7 Å². The van der Waals surface area contributed by atoms with E-state index in [2.05, 4.69) is 5.32 Å². The third-order valence-corrected chi connectivity index (χ3v) is 5.33. The van der Waals surface area contributed by atoms with Gasteiger partial charge in [0.15, 0.2) is 0 Å². The Labute approximate surface area is 159 Å². The molecule has 0 spiro atoms. The first-order chi connectivity index (χ1) is 13.2. The van der Waals surface area contributed by atoms with E-state index >= 15 is 0 Å². The summed E-state index contributed by atoms with van der Waals surface area (Å²) >= 11 is 0. The standard InChI is InChI=1S/C22H24N2O3/c25-21(23-14-18-10-6-12-27-18)20(13-16-7-2-1-3-8-16)24-15-17-9-4-5-11-19(17)22(24)26/h1-5,7-9,11,18,20H,6,10,12-15H2,(H,23,25)/t18-,20-/m0/s1. The SMILES string of the molecule is O=C(NC[C@@H]1CCCO1)[C@H](Cc1ccccc1)N1Cc2ccccc2C1=O. The molecular weight excluding hydrogens is 340 g/mol. The lowest BCUT2D eigenvalue weighted by atomic mass is 10.0. The Balaban J connectivity index is 1.52. The van der Waals surface area contributed by atoms with Crippen molar-refractivity contribution in [1.82, 2.24) is 10.2 Å². The summed E-state index contributed by atoms with van der Waals surface area (Å²) in [4.78, 5) is 27.6. The molecule has 27 heavy (non-hydrogen) atoms. The van der Waals surface area contributed by atoms with Crippen LogP contribution in [0.15, 0.2) is 54.6 Å². The molecule has 2 amide bonds. The number of fused-ring (bicyclic) bond motifs is 1. The molecule has 1 fully saturated rings. The number of carbonyl (C=O) groups is 2. The number of benzene rings is 2. The normalized spacial score (nSPS) is 19.8. The molecule has 2 aromatic rings. The summed E-state index contributed by atoms with van der Waals surface area (Å²) in [6, 6.07) is 16.9. The monoisotopic (exact) mass is 364 g/mol. The molecule has 0 saturated carbocycles. The number of ether oxygens (including phenoxy) is 1. The topological polar surface area (TPSA) is 58.6 Å². The minimum atomic E-state index is -0.534. The molecule has 140 valence electrons. The molecule has 1 N–H and O–H groups in total. The molecule has 1 saturated heterocycles. The first-order valence-electron chi connectivity index (χ1n) is 9.54. The lowest BCUT2D eigenvalue weighted by molar-refractivity contribution is -0.126. The van der Waals surface area contributed by atoms with Gasteiger partial charge in [-0.3, -0.25) is 9.59 Å². The highest BCUT2D eigenvalue weighted by atomic mass is 16.5. The zero-order valence-corrected chi connectivity index (χ0v) is 15.3. The maximum atomic E-state index is 13.0. The van der Waals surface area contributed by atoms with Gasteiger partial charge in [0.2, 0.25) is 5.91 Å². The first kappa shape index (κ1) is 17.7. The van der Waals surface area contributed by atoms with Crippen LogP contribution in [0.1, 0.15) is 34.3 Å². The summed E-state index contributed by atoms with van der Waals surface area (Å²) in [5.41, 5.74) is 2.72. The van der Waals surface area contributed by atoms with Crippen molar-refractivity contribution in [3.05, 3.63) is 71.3 Å². The molecule has 0 radical (unpaired) electrons. The molecule has 5 heteroatoms. The quantitative estimate of drug-likeness (QED) is 0.857. The molecular formula is C22H24N2O3. The van der Waals surface area contributed by atoms with E-state index in [0.29, 0.717) is 25.1 Å². The molecule has 0 aliphatic carbocycles. The highest BCUT2D eigenvalue weighted by Gasteiger charge is 2.36. The molecule has 2 atom stereocenters. The Hall–Kier alpha value is -2.66. The van der Waals surface area contributed by atoms with Crippen LogP contribution in [0.4, 0.5) is 0 Å². The summed E-state index contributed by atoms with van der Waals surface area (Å²) < 4.78 is 5.60. The van der Waals surface area contributed by atoms with Crippen molar-refractivity contribution in [2.75, 3.05) is 13.2 Å². The number of nitrogens with one attached hydrogen (secondary N) is 1. The van der Waals surface area contributed by atoms with Gasteiger partial charge in [0.25, 0.3) is 5.91 Å². The van der Waals surface area contributed by atoms with E-state index in [9.17, 15) is 9.59 Å². The average molecular weight is 364 g/mol. The van der Waals surface area contributed by atoms with Crippen molar-refractivity contribution in [3.8, 4) is 0 Å². The van der Waals surface area contributed by atoms with E-state index in [1.54, 1.807) is 4.90 Å². The van der Waals surface area contributed by atoms with Crippen LogP contribution in [-0.2, 0) is 22.5 Å². The first-order valence-corrected chi connectivity index (χ1v) is 9.54. The maximum Gasteiger partial charge on any atom is 0.255 e. The number of carbonyl (C=O) groups excluding carboxylic acids is 2. The van der Waals surface area contributed by atoms with Gasteiger partial charge in [-0.05, 0) is 30.0 Å². The summed E-state index contributed by atoms with van der Waals surface area (Å²) in [6.07, 6.45) is 2.58. The van der Waals surface area contributed by atoms with Crippen molar-refractivity contribution in [3.63, 3.8) is 0 Å². The number of hydrogen-bond acceptors (Lipinski definition) is 3. The van der Waals surface area contributed by atoms with E-state index in [1.807, 2.05) is 54.6 Å². The Morgan fingerprint density at radius 2 is 1.93 bits per heavy atom. The van der Waals surface area contributed by atoms with Crippen LogP contribution >= 0.6 is 0 Å². The number of nitrogens with zero attached hydrogens (tertiary/aromatic N) is 1. The van der Waals surface area contributed by atoms with Crippen LogP contribution in [0, 0.1) is 0 Å². The van der Waals surface area contributed by atoms with Gasteiger partial charge in [-0.1, -0.05) is 48.5 Å². The summed E-state index contributed by atoms with van der Waals surface area (Å²) in [5.74, 6) is -0.186. The van der Waals surface area contributed by atoms with E-state index in [-0.39, 0.29) is 17.9 Å². The third-order valence-electron chi connectivity index (χ3n) is 5.33. The molecule has 2 aliphatic heterocycles. The van der Waals surface area contributed by atoms with Gasteiger partial charge in [-0.15, -0.1) is 0 Å². The van der Waals surface area contributed by atoms with Crippen molar-refractivity contribution in [1.29, 1.82) is 0 Å². The van der Waals surface area contributed by atoms with Crippen LogP contribution in [0.25, 0.3) is 0 Å². The fourth-order valence-electron chi connectivity index (χ4n) is 3.85. The van der Waals surface area contributed by atoms with Gasteiger partial charge in [0.1, 0.15) is 6.04 Å². The third kappa shape index (κ3) is 3.88. The Kier molecular flexibility index (Phi) is 5.21. The largest absolute Gasteiger partial charge is 0.376 e. The zero-order chi connectivity index (χ0) is 18.6. The predicted octanol–water partition coefficient (Wildman–Crippen LogP) is 2.55. The maximum absolute atomic E-state index is 13.0. The van der Waals surface area contributed by atoms with E-state index < -0.39 is 6.04 Å². The molecule has 0 unspecified atom stereocenters. The van der Waals surface area contributed by atoms with Crippen LogP contribution < -0.4 is 5.32 Å². The van der Waals surface area contributed by atoms with Crippen LogP contribution in [-0.4, -0.2) is 42.0 Å². The molecule has 5 nitrogen and oxygen atoms in total. The van der Waals surface area contributed by atoms with Gasteiger partial charge in [0.05, 0.1) is 6.10 Å². The minimum absolute atomic E-state index is 0.0706. The van der Waals surface area contributed by atoms with Gasteiger partial charge in [-0.2, -0.15) is 0 Å². The lowest BCUT2D eigenvalue weighted by Gasteiger charge is -2.27. The summed E-state index contributed by atoms with van der Waals surface area (Å²) in [6.45, 7) is 1.73. The highest BCUT2D eigenvalue weighted by molar-refractivity contribution is 6.01. The molecule has 2 heterocycles. The van der Waals surface area contributed by atoms with E-state index in [1.165, 1.54) is 0 Å². The summed E-state index contributed by atoms with van der Waals surface area (Å²) in [7, 11) is 0. The fraction of sp³-hybridized carbons (Fsp3) is 0.364. The van der Waals surface area contributed by atoms with Crippen molar-refractivity contribution in [2.45, 2.75) is 38.0 Å². The second-order valence-electron chi connectivity index (χ2n) is 7.18. The predicted molar refractivity (Wildman–Crippen MR) is 102 cm³/mol. The van der Waals surface area contributed by atoms with Crippen LogP contribution in [0.2, 0.25) is 0 Å². The van der Waals surface area contributed by atoms with Crippen LogP contribution in [0.5, 0.6) is 0 Å². The van der Waals surface area contributed by atoms with E-state index in [4.69, 9.17) is 4.74 Å². The molecule has 0 bridgehead atoms. The minimum Gasteiger partial charge on any atom is -0.376 e. The fourth-order valence-corrected chi connectivity index (χ4v) is 3.85. The zero-order valence-electron chi connectivity index (χ0n) is 15.3. The Morgan fingerprint density at radius 3 is 2.67 bits per heavy atom. The van der Waals surface area contributed by atoms with Gasteiger partial charge >= 0.3 is 0 Å².